The van der Waals surface area contributed by atoms with Gasteiger partial charge in [0.25, 0.3) is 0 Å². The van der Waals surface area contributed by atoms with Crippen molar-refractivity contribution in [2.75, 3.05) is 25.1 Å². The van der Waals surface area contributed by atoms with Gasteiger partial charge in [0.05, 0.1) is 17.2 Å². The zero-order chi connectivity index (χ0) is 15.2. The highest BCUT2D eigenvalue weighted by atomic mass is 35.5. The molecule has 0 radical (unpaired) electrons. The Kier molecular flexibility index (Phi) is 5.67. The molecule has 2 aromatic rings. The van der Waals surface area contributed by atoms with Crippen molar-refractivity contribution < 1.29 is 4.74 Å². The van der Waals surface area contributed by atoms with Crippen LogP contribution in [0, 0.1) is 0 Å². The first kappa shape index (κ1) is 15.9. The zero-order valence-corrected chi connectivity index (χ0v) is 13.2. The summed E-state index contributed by atoms with van der Waals surface area (Å²) >= 11 is 12.2. The fourth-order valence-corrected chi connectivity index (χ4v) is 2.47. The van der Waals surface area contributed by atoms with Gasteiger partial charge in [-0.1, -0.05) is 29.3 Å². The average molecular weight is 326 g/mol. The van der Waals surface area contributed by atoms with Crippen molar-refractivity contribution in [1.29, 1.82) is 0 Å². The molecule has 0 bridgehead atoms. The van der Waals surface area contributed by atoms with Crippen LogP contribution >= 0.6 is 23.2 Å². The highest BCUT2D eigenvalue weighted by Crippen LogP contribution is 2.33. The number of pyridine rings is 1. The standard InChI is InChI=1S/C15H17Cl2N3O/c1-21-13-5-2-4-12(9-13)20(7-3-6-18)15-14(17)8-11(16)10-19-15/h2,4-5,8-10H,3,6-7,18H2,1H3. The van der Waals surface area contributed by atoms with E-state index in [1.165, 1.54) is 0 Å². The molecule has 0 saturated carbocycles. The molecule has 1 aromatic carbocycles. The van der Waals surface area contributed by atoms with Crippen LogP contribution in [-0.2, 0) is 0 Å². The summed E-state index contributed by atoms with van der Waals surface area (Å²) in [5.74, 6) is 1.43. The van der Waals surface area contributed by atoms with Crippen LogP contribution < -0.4 is 15.4 Å². The van der Waals surface area contributed by atoms with Crippen molar-refractivity contribution in [3.63, 3.8) is 0 Å². The molecule has 6 heteroatoms. The molecule has 21 heavy (non-hydrogen) atoms. The molecular weight excluding hydrogens is 309 g/mol. The van der Waals surface area contributed by atoms with E-state index in [2.05, 4.69) is 4.98 Å². The first-order chi connectivity index (χ1) is 10.2. The number of methoxy groups -OCH3 is 1. The van der Waals surface area contributed by atoms with Gasteiger partial charge in [-0.25, -0.2) is 4.98 Å². The number of aromatic nitrogens is 1. The number of anilines is 2. The van der Waals surface area contributed by atoms with Crippen LogP contribution in [0.5, 0.6) is 5.75 Å². The fourth-order valence-electron chi connectivity index (χ4n) is 1.99. The molecule has 0 amide bonds. The Morgan fingerprint density at radius 1 is 1.29 bits per heavy atom. The van der Waals surface area contributed by atoms with Crippen LogP contribution in [0.1, 0.15) is 6.42 Å². The molecule has 0 aliphatic carbocycles. The van der Waals surface area contributed by atoms with E-state index < -0.39 is 0 Å². The van der Waals surface area contributed by atoms with E-state index in [4.69, 9.17) is 33.7 Å². The van der Waals surface area contributed by atoms with Gasteiger partial charge in [-0.2, -0.15) is 0 Å². The maximum Gasteiger partial charge on any atom is 0.151 e. The Bertz CT molecular complexity index is 607. The van der Waals surface area contributed by atoms with Crippen molar-refractivity contribution in [3.8, 4) is 5.75 Å². The van der Waals surface area contributed by atoms with E-state index in [1.54, 1.807) is 19.4 Å². The first-order valence-corrected chi connectivity index (χ1v) is 7.34. The minimum atomic E-state index is 0.502. The lowest BCUT2D eigenvalue weighted by Gasteiger charge is -2.25. The lowest BCUT2D eigenvalue weighted by atomic mass is 10.2. The molecule has 0 atom stereocenters. The van der Waals surface area contributed by atoms with Gasteiger partial charge in [0.2, 0.25) is 0 Å². The van der Waals surface area contributed by atoms with E-state index in [0.29, 0.717) is 29.0 Å². The molecule has 1 aromatic heterocycles. The van der Waals surface area contributed by atoms with Crippen molar-refractivity contribution in [2.24, 2.45) is 5.73 Å². The number of hydrogen-bond acceptors (Lipinski definition) is 4. The highest BCUT2D eigenvalue weighted by molar-refractivity contribution is 6.36. The van der Waals surface area contributed by atoms with Gasteiger partial charge >= 0.3 is 0 Å². The van der Waals surface area contributed by atoms with Gasteiger partial charge in [-0.3, -0.25) is 0 Å². The minimum Gasteiger partial charge on any atom is -0.497 e. The zero-order valence-electron chi connectivity index (χ0n) is 11.7. The van der Waals surface area contributed by atoms with Crippen LogP contribution in [0.25, 0.3) is 0 Å². The van der Waals surface area contributed by atoms with Gasteiger partial charge < -0.3 is 15.4 Å². The maximum absolute atomic E-state index is 6.28. The molecule has 0 fully saturated rings. The van der Waals surface area contributed by atoms with Gasteiger partial charge in [0.15, 0.2) is 5.82 Å². The third kappa shape index (κ3) is 4.00. The molecule has 0 aliphatic rings. The lowest BCUT2D eigenvalue weighted by Crippen LogP contribution is -2.22. The molecule has 0 aliphatic heterocycles. The quantitative estimate of drug-likeness (QED) is 0.875. The fraction of sp³-hybridized carbons (Fsp3) is 0.267. The Balaban J connectivity index is 2.41. The Labute approximate surface area is 134 Å². The van der Waals surface area contributed by atoms with Crippen LogP contribution in [-0.4, -0.2) is 25.2 Å². The molecule has 0 saturated heterocycles. The molecular formula is C15H17Cl2N3O. The largest absolute Gasteiger partial charge is 0.497 e. The summed E-state index contributed by atoms with van der Waals surface area (Å²) in [5, 5.41) is 1.01. The second-order valence-corrected chi connectivity index (χ2v) is 5.30. The van der Waals surface area contributed by atoms with Crippen molar-refractivity contribution in [3.05, 3.63) is 46.6 Å². The predicted molar refractivity (Wildman–Crippen MR) is 87.9 cm³/mol. The van der Waals surface area contributed by atoms with Crippen LogP contribution in [0.2, 0.25) is 10.0 Å². The first-order valence-electron chi connectivity index (χ1n) is 6.58. The third-order valence-corrected chi connectivity index (χ3v) is 3.48. The van der Waals surface area contributed by atoms with Gasteiger partial charge in [0.1, 0.15) is 5.75 Å². The third-order valence-electron chi connectivity index (χ3n) is 2.99. The number of nitrogens with zero attached hydrogens (tertiary/aromatic N) is 2. The van der Waals surface area contributed by atoms with Gasteiger partial charge in [-0.15, -0.1) is 0 Å². The van der Waals surface area contributed by atoms with E-state index in [0.717, 1.165) is 17.9 Å². The van der Waals surface area contributed by atoms with Crippen LogP contribution in [0.3, 0.4) is 0 Å². The van der Waals surface area contributed by atoms with Crippen LogP contribution in [0.4, 0.5) is 11.5 Å². The number of hydrogen-bond donors (Lipinski definition) is 1. The number of halogens is 2. The minimum absolute atomic E-state index is 0.502. The van der Waals surface area contributed by atoms with Gasteiger partial charge in [-0.05, 0) is 31.2 Å². The molecule has 2 N–H and O–H groups in total. The second kappa shape index (κ2) is 7.50. The Hall–Kier alpha value is -1.49. The molecule has 4 nitrogen and oxygen atoms in total. The number of nitrogens with two attached hydrogens (primary N) is 1. The molecule has 0 spiro atoms. The SMILES string of the molecule is COc1cccc(N(CCCN)c2ncc(Cl)cc2Cl)c1. The summed E-state index contributed by atoms with van der Waals surface area (Å²) in [4.78, 5) is 6.35. The number of benzene rings is 1. The topological polar surface area (TPSA) is 51.4 Å². The molecule has 0 unspecified atom stereocenters. The Morgan fingerprint density at radius 2 is 2.10 bits per heavy atom. The molecule has 2 rings (SSSR count). The number of rotatable bonds is 6. The monoisotopic (exact) mass is 325 g/mol. The van der Waals surface area contributed by atoms with Crippen molar-refractivity contribution in [1.82, 2.24) is 4.98 Å². The summed E-state index contributed by atoms with van der Waals surface area (Å²) in [6, 6.07) is 9.41. The summed E-state index contributed by atoms with van der Waals surface area (Å²) < 4.78 is 5.27. The maximum atomic E-state index is 6.28. The second-order valence-electron chi connectivity index (χ2n) is 4.45. The van der Waals surface area contributed by atoms with E-state index >= 15 is 0 Å². The highest BCUT2D eigenvalue weighted by Gasteiger charge is 2.15. The lowest BCUT2D eigenvalue weighted by molar-refractivity contribution is 0.415. The molecule has 112 valence electrons. The summed E-state index contributed by atoms with van der Waals surface area (Å²) in [7, 11) is 1.64. The Morgan fingerprint density at radius 3 is 2.76 bits per heavy atom. The van der Waals surface area contributed by atoms with E-state index in [9.17, 15) is 0 Å². The number of ether oxygens (including phenoxy) is 1. The average Bonchev–Trinajstić information content (AvgIpc) is 2.49. The summed E-state index contributed by atoms with van der Waals surface area (Å²) in [6.45, 7) is 1.30. The predicted octanol–water partition coefficient (Wildman–Crippen LogP) is 3.88. The van der Waals surface area contributed by atoms with E-state index in [-0.39, 0.29) is 0 Å². The van der Waals surface area contributed by atoms with Gasteiger partial charge in [0, 0.05) is 24.5 Å². The van der Waals surface area contributed by atoms with E-state index in [1.807, 2.05) is 29.2 Å². The normalized spacial score (nSPS) is 10.5. The smallest absolute Gasteiger partial charge is 0.151 e. The van der Waals surface area contributed by atoms with Crippen LogP contribution in [0.15, 0.2) is 36.5 Å². The van der Waals surface area contributed by atoms with Crippen molar-refractivity contribution >= 4 is 34.7 Å². The summed E-state index contributed by atoms with van der Waals surface area (Å²) in [6.07, 6.45) is 2.40. The molecule has 1 heterocycles. The van der Waals surface area contributed by atoms with Crippen molar-refractivity contribution in [2.45, 2.75) is 6.42 Å². The summed E-state index contributed by atoms with van der Waals surface area (Å²) in [5.41, 5.74) is 6.57.